The van der Waals surface area contributed by atoms with Crippen molar-refractivity contribution in [3.05, 3.63) is 48.5 Å². The molecule has 150 valence electrons. The van der Waals surface area contributed by atoms with Crippen LogP contribution in [0.2, 0.25) is 0 Å². The molecule has 0 aliphatic carbocycles. The van der Waals surface area contributed by atoms with Gasteiger partial charge < -0.3 is 9.47 Å². The Morgan fingerprint density at radius 2 is 1.79 bits per heavy atom. The van der Waals surface area contributed by atoms with Crippen LogP contribution in [0.1, 0.15) is 19.4 Å². The van der Waals surface area contributed by atoms with Gasteiger partial charge in [0, 0.05) is 19.4 Å². The predicted molar refractivity (Wildman–Crippen MR) is 104 cm³/mol. The van der Waals surface area contributed by atoms with Gasteiger partial charge in [-0.3, -0.25) is 14.1 Å². The molecule has 0 amide bonds. The van der Waals surface area contributed by atoms with Crippen LogP contribution in [0.5, 0.6) is 11.5 Å². The third-order valence-electron chi connectivity index (χ3n) is 3.83. The molecular formula is C18H23N5O4S. The largest absolute Gasteiger partial charge is 0.490 e. The number of benzene rings is 1. The summed E-state index contributed by atoms with van der Waals surface area (Å²) < 4.78 is 41.5. The van der Waals surface area contributed by atoms with Gasteiger partial charge in [-0.05, 0) is 31.5 Å². The van der Waals surface area contributed by atoms with Gasteiger partial charge in [0.05, 0.1) is 37.8 Å². The van der Waals surface area contributed by atoms with Gasteiger partial charge in [-0.2, -0.15) is 10.2 Å². The number of ether oxygens (including phenoxy) is 2. The monoisotopic (exact) mass is 405 g/mol. The highest BCUT2D eigenvalue weighted by Gasteiger charge is 2.17. The topological polar surface area (TPSA) is 100 Å². The lowest BCUT2D eigenvalue weighted by atomic mass is 10.2. The fourth-order valence-electron chi connectivity index (χ4n) is 2.64. The molecule has 0 atom stereocenters. The van der Waals surface area contributed by atoms with Crippen molar-refractivity contribution in [1.82, 2.24) is 19.6 Å². The Bertz CT molecular complexity index is 1040. The van der Waals surface area contributed by atoms with E-state index in [-0.39, 0.29) is 4.90 Å². The summed E-state index contributed by atoms with van der Waals surface area (Å²) in [4.78, 5) is 0.0932. The first-order chi connectivity index (χ1) is 13.4. The predicted octanol–water partition coefficient (Wildman–Crippen LogP) is 2.26. The molecule has 0 aliphatic heterocycles. The number of sulfonamides is 1. The first-order valence-corrected chi connectivity index (χ1v) is 10.3. The van der Waals surface area contributed by atoms with Gasteiger partial charge in [-0.15, -0.1) is 0 Å². The average Bonchev–Trinajstić information content (AvgIpc) is 3.26. The molecule has 2 aromatic heterocycles. The molecular weight excluding hydrogens is 382 g/mol. The summed E-state index contributed by atoms with van der Waals surface area (Å²) in [5, 5.41) is 8.11. The van der Waals surface area contributed by atoms with Crippen LogP contribution in [0.4, 0.5) is 5.69 Å². The molecule has 0 unspecified atom stereocenters. The van der Waals surface area contributed by atoms with E-state index in [0.717, 1.165) is 5.56 Å². The molecule has 0 bridgehead atoms. The van der Waals surface area contributed by atoms with Crippen LogP contribution in [-0.4, -0.2) is 41.2 Å². The molecule has 0 saturated heterocycles. The molecule has 3 rings (SSSR count). The van der Waals surface area contributed by atoms with Crippen molar-refractivity contribution in [2.45, 2.75) is 25.3 Å². The van der Waals surface area contributed by atoms with E-state index < -0.39 is 10.0 Å². The molecule has 1 aromatic carbocycles. The Balaban J connectivity index is 1.73. The van der Waals surface area contributed by atoms with E-state index in [9.17, 15) is 8.42 Å². The van der Waals surface area contributed by atoms with Crippen molar-refractivity contribution in [2.24, 2.45) is 7.05 Å². The average molecular weight is 405 g/mol. The maximum atomic E-state index is 12.4. The standard InChI is InChI=1S/C18H23N5O4S/c1-4-26-17-7-6-14(8-18(17)27-5-2)11-23-12-15(9-20-23)21-28(24,25)16-10-19-22(3)13-16/h6-10,12-13,21H,4-5,11H2,1-3H3. The highest BCUT2D eigenvalue weighted by Crippen LogP contribution is 2.29. The van der Waals surface area contributed by atoms with Gasteiger partial charge in [0.1, 0.15) is 4.90 Å². The van der Waals surface area contributed by atoms with Crippen LogP contribution in [0.3, 0.4) is 0 Å². The molecule has 3 aromatic rings. The van der Waals surface area contributed by atoms with Gasteiger partial charge in [-0.25, -0.2) is 8.42 Å². The lowest BCUT2D eigenvalue weighted by molar-refractivity contribution is 0.287. The molecule has 0 saturated carbocycles. The van der Waals surface area contributed by atoms with Crippen LogP contribution < -0.4 is 14.2 Å². The third-order valence-corrected chi connectivity index (χ3v) is 5.17. The molecule has 9 nitrogen and oxygen atoms in total. The first-order valence-electron chi connectivity index (χ1n) is 8.83. The Morgan fingerprint density at radius 3 is 2.46 bits per heavy atom. The minimum atomic E-state index is -3.70. The summed E-state index contributed by atoms with van der Waals surface area (Å²) >= 11 is 0. The van der Waals surface area contributed by atoms with Crippen LogP contribution in [-0.2, 0) is 23.6 Å². The second-order valence-electron chi connectivity index (χ2n) is 6.03. The summed E-state index contributed by atoms with van der Waals surface area (Å²) in [6.07, 6.45) is 5.82. The van der Waals surface area contributed by atoms with Crippen molar-refractivity contribution >= 4 is 15.7 Å². The lowest BCUT2D eigenvalue weighted by Crippen LogP contribution is -2.11. The molecule has 1 N–H and O–H groups in total. The van der Waals surface area contributed by atoms with Gasteiger partial charge in [-0.1, -0.05) is 6.07 Å². The summed E-state index contributed by atoms with van der Waals surface area (Å²) in [5.74, 6) is 1.37. The van der Waals surface area contributed by atoms with E-state index in [1.54, 1.807) is 17.9 Å². The quantitative estimate of drug-likeness (QED) is 0.586. The molecule has 28 heavy (non-hydrogen) atoms. The number of aryl methyl sites for hydroxylation is 1. The Labute approximate surface area is 163 Å². The smallest absolute Gasteiger partial charge is 0.265 e. The van der Waals surface area contributed by atoms with Gasteiger partial charge in [0.2, 0.25) is 0 Å². The number of aromatic nitrogens is 4. The maximum absolute atomic E-state index is 12.4. The van der Waals surface area contributed by atoms with Crippen LogP contribution >= 0.6 is 0 Å². The Hall–Kier alpha value is -3.01. The van der Waals surface area contributed by atoms with E-state index in [4.69, 9.17) is 9.47 Å². The van der Waals surface area contributed by atoms with Crippen molar-refractivity contribution in [1.29, 1.82) is 0 Å². The number of rotatable bonds is 9. The minimum absolute atomic E-state index is 0.0932. The van der Waals surface area contributed by atoms with E-state index in [2.05, 4.69) is 14.9 Å². The van der Waals surface area contributed by atoms with Crippen molar-refractivity contribution in [3.63, 3.8) is 0 Å². The second kappa shape index (κ2) is 8.34. The summed E-state index contributed by atoms with van der Waals surface area (Å²) in [7, 11) is -2.04. The minimum Gasteiger partial charge on any atom is -0.490 e. The first kappa shape index (κ1) is 19.7. The van der Waals surface area contributed by atoms with E-state index >= 15 is 0 Å². The summed E-state index contributed by atoms with van der Waals surface area (Å²) in [6, 6.07) is 5.68. The van der Waals surface area contributed by atoms with Crippen molar-refractivity contribution in [3.8, 4) is 11.5 Å². The maximum Gasteiger partial charge on any atom is 0.265 e. The fraction of sp³-hybridized carbons (Fsp3) is 0.333. The summed E-state index contributed by atoms with van der Waals surface area (Å²) in [6.45, 7) is 5.38. The number of nitrogens with zero attached hydrogens (tertiary/aromatic N) is 4. The number of hydrogen-bond acceptors (Lipinski definition) is 6. The molecule has 10 heteroatoms. The zero-order valence-corrected chi connectivity index (χ0v) is 16.8. The van der Waals surface area contributed by atoms with Crippen LogP contribution in [0, 0.1) is 0 Å². The summed E-state index contributed by atoms with van der Waals surface area (Å²) in [5.41, 5.74) is 1.33. The molecule has 0 aliphatic rings. The Morgan fingerprint density at radius 1 is 1.04 bits per heavy atom. The van der Waals surface area contributed by atoms with Gasteiger partial charge in [0.25, 0.3) is 10.0 Å². The number of hydrogen-bond donors (Lipinski definition) is 1. The molecule has 2 heterocycles. The van der Waals surface area contributed by atoms with Crippen LogP contribution in [0.15, 0.2) is 47.9 Å². The number of anilines is 1. The van der Waals surface area contributed by atoms with E-state index in [1.165, 1.54) is 23.3 Å². The Kier molecular flexibility index (Phi) is 5.88. The third kappa shape index (κ3) is 4.63. The van der Waals surface area contributed by atoms with Gasteiger partial charge >= 0.3 is 0 Å². The molecule has 0 radical (unpaired) electrons. The lowest BCUT2D eigenvalue weighted by Gasteiger charge is -2.12. The second-order valence-corrected chi connectivity index (χ2v) is 7.71. The SMILES string of the molecule is CCOc1ccc(Cn2cc(NS(=O)(=O)c3cnn(C)c3)cn2)cc1OCC. The number of nitrogens with one attached hydrogen (secondary N) is 1. The molecule has 0 fully saturated rings. The van der Waals surface area contributed by atoms with Crippen molar-refractivity contribution in [2.75, 3.05) is 17.9 Å². The van der Waals surface area contributed by atoms with Crippen molar-refractivity contribution < 1.29 is 17.9 Å². The fourth-order valence-corrected chi connectivity index (χ4v) is 3.65. The highest BCUT2D eigenvalue weighted by atomic mass is 32.2. The molecule has 0 spiro atoms. The normalized spacial score (nSPS) is 11.4. The zero-order chi connectivity index (χ0) is 20.1. The van der Waals surface area contributed by atoms with Gasteiger partial charge in [0.15, 0.2) is 11.5 Å². The van der Waals surface area contributed by atoms with Crippen LogP contribution in [0.25, 0.3) is 0 Å². The zero-order valence-electron chi connectivity index (χ0n) is 16.0. The van der Waals surface area contributed by atoms with E-state index in [0.29, 0.717) is 36.9 Å². The van der Waals surface area contributed by atoms with E-state index in [1.807, 2.05) is 32.0 Å². The highest BCUT2D eigenvalue weighted by molar-refractivity contribution is 7.92.